The van der Waals surface area contributed by atoms with Gasteiger partial charge in [0.05, 0.1) is 11.1 Å². The van der Waals surface area contributed by atoms with Gasteiger partial charge >= 0.3 is 5.69 Å². The molecule has 2 saturated heterocycles. The molecule has 0 spiro atoms. The van der Waals surface area contributed by atoms with E-state index in [0.29, 0.717) is 16.4 Å². The zero-order chi connectivity index (χ0) is 21.1. The van der Waals surface area contributed by atoms with Crippen molar-refractivity contribution < 1.29 is 10.0 Å². The fourth-order valence-corrected chi connectivity index (χ4v) is 3.99. The van der Waals surface area contributed by atoms with E-state index in [0.717, 1.165) is 51.9 Å². The lowest BCUT2D eigenvalue weighted by atomic mass is 10.2. The van der Waals surface area contributed by atoms with Crippen LogP contribution in [0.1, 0.15) is 31.2 Å². The van der Waals surface area contributed by atoms with Crippen molar-refractivity contribution in [3.8, 4) is 5.75 Å². The first-order chi connectivity index (χ1) is 14.5. The van der Waals surface area contributed by atoms with E-state index < -0.39 is 16.4 Å². The average molecular weight is 477 g/mol. The van der Waals surface area contributed by atoms with Gasteiger partial charge in [-0.1, -0.05) is 15.9 Å². The first kappa shape index (κ1) is 20.3. The number of nitro benzene ring substituents is 1. The fraction of sp³-hybridized carbons (Fsp3) is 0.444. The van der Waals surface area contributed by atoms with Crippen LogP contribution in [0.2, 0.25) is 0 Å². The lowest BCUT2D eigenvalue weighted by molar-refractivity contribution is -0.385. The maximum absolute atomic E-state index is 11.1. The standard InChI is InChI=1S/C18H21BrN8O3/c19-13-9-12(15(28)14(10-13)27(29)30)11-20-24-16-21-17(25-5-1-2-6-25)23-18(22-16)26-7-3-4-8-26/h9-11,28H,1-8H2,(H,21,22,23,24)/b20-11+. The van der Waals surface area contributed by atoms with Crippen LogP contribution in [0.3, 0.4) is 0 Å². The number of aromatic nitrogens is 3. The topological polar surface area (TPSA) is 133 Å². The zero-order valence-electron chi connectivity index (χ0n) is 16.2. The number of nitro groups is 1. The summed E-state index contributed by atoms with van der Waals surface area (Å²) < 4.78 is 0.459. The molecule has 11 nitrogen and oxygen atoms in total. The molecule has 0 amide bonds. The molecule has 0 radical (unpaired) electrons. The fourth-order valence-electron chi connectivity index (χ4n) is 3.52. The Hall–Kier alpha value is -3.02. The smallest absolute Gasteiger partial charge is 0.312 e. The van der Waals surface area contributed by atoms with E-state index in [1.165, 1.54) is 18.3 Å². The van der Waals surface area contributed by atoms with Crippen LogP contribution in [-0.2, 0) is 0 Å². The Morgan fingerprint density at radius 1 is 1.07 bits per heavy atom. The lowest BCUT2D eigenvalue weighted by Gasteiger charge is -2.20. The van der Waals surface area contributed by atoms with Crippen LogP contribution in [0.5, 0.6) is 5.75 Å². The Bertz CT molecular complexity index is 940. The Kier molecular flexibility index (Phi) is 5.93. The van der Waals surface area contributed by atoms with Gasteiger partial charge < -0.3 is 14.9 Å². The first-order valence-corrected chi connectivity index (χ1v) is 10.5. The summed E-state index contributed by atoms with van der Waals surface area (Å²) in [6.45, 7) is 3.62. The third kappa shape index (κ3) is 4.42. The molecule has 4 rings (SSSR count). The third-order valence-corrected chi connectivity index (χ3v) is 5.50. The highest BCUT2D eigenvalue weighted by Crippen LogP contribution is 2.32. The molecule has 0 saturated carbocycles. The Balaban J connectivity index is 1.59. The van der Waals surface area contributed by atoms with Crippen LogP contribution in [0.25, 0.3) is 0 Å². The average Bonchev–Trinajstić information content (AvgIpc) is 3.44. The normalized spacial score (nSPS) is 16.6. The number of aromatic hydroxyl groups is 1. The number of phenols is 1. The van der Waals surface area contributed by atoms with Crippen LogP contribution in [-0.4, -0.2) is 57.4 Å². The van der Waals surface area contributed by atoms with Gasteiger partial charge in [0.15, 0.2) is 0 Å². The third-order valence-electron chi connectivity index (χ3n) is 5.04. The predicted octanol–water partition coefficient (Wildman–Crippen LogP) is 2.89. The van der Waals surface area contributed by atoms with Gasteiger partial charge in [-0.2, -0.15) is 20.1 Å². The van der Waals surface area contributed by atoms with Crippen molar-refractivity contribution in [3.05, 3.63) is 32.3 Å². The number of anilines is 3. The number of rotatable bonds is 6. The molecule has 2 aliphatic heterocycles. The van der Waals surface area contributed by atoms with Gasteiger partial charge in [-0.25, -0.2) is 5.43 Å². The van der Waals surface area contributed by atoms with Crippen molar-refractivity contribution >= 4 is 45.7 Å². The van der Waals surface area contributed by atoms with Crippen molar-refractivity contribution in [2.45, 2.75) is 25.7 Å². The predicted molar refractivity (Wildman–Crippen MR) is 116 cm³/mol. The minimum Gasteiger partial charge on any atom is -0.502 e. The van der Waals surface area contributed by atoms with Crippen molar-refractivity contribution in [1.82, 2.24) is 15.0 Å². The maximum atomic E-state index is 11.1. The van der Waals surface area contributed by atoms with E-state index in [1.807, 2.05) is 0 Å². The molecule has 1 aromatic carbocycles. The molecule has 0 unspecified atom stereocenters. The van der Waals surface area contributed by atoms with E-state index >= 15 is 0 Å². The summed E-state index contributed by atoms with van der Waals surface area (Å²) in [5.74, 6) is 1.06. The van der Waals surface area contributed by atoms with Crippen LogP contribution >= 0.6 is 15.9 Å². The van der Waals surface area contributed by atoms with Crippen molar-refractivity contribution in [2.24, 2.45) is 5.10 Å². The van der Waals surface area contributed by atoms with Crippen LogP contribution < -0.4 is 15.2 Å². The first-order valence-electron chi connectivity index (χ1n) is 9.73. The second-order valence-electron chi connectivity index (χ2n) is 7.14. The van der Waals surface area contributed by atoms with E-state index in [1.54, 1.807) is 0 Å². The summed E-state index contributed by atoms with van der Waals surface area (Å²) in [5, 5.41) is 25.3. The highest BCUT2D eigenvalue weighted by molar-refractivity contribution is 9.10. The molecule has 2 N–H and O–H groups in total. The second kappa shape index (κ2) is 8.78. The van der Waals surface area contributed by atoms with Gasteiger partial charge in [-0.05, 0) is 31.7 Å². The molecule has 2 fully saturated rings. The Morgan fingerprint density at radius 2 is 1.63 bits per heavy atom. The quantitative estimate of drug-likeness (QED) is 0.366. The van der Waals surface area contributed by atoms with Crippen molar-refractivity contribution in [1.29, 1.82) is 0 Å². The zero-order valence-corrected chi connectivity index (χ0v) is 17.7. The van der Waals surface area contributed by atoms with E-state index in [4.69, 9.17) is 0 Å². The number of hydrazone groups is 1. The SMILES string of the molecule is O=[N+]([O-])c1cc(Br)cc(/C=N/Nc2nc(N3CCCC3)nc(N3CCCC3)n2)c1O. The summed E-state index contributed by atoms with van der Waals surface area (Å²) >= 11 is 3.21. The van der Waals surface area contributed by atoms with Crippen LogP contribution in [0.4, 0.5) is 23.5 Å². The number of halogens is 1. The molecule has 12 heteroatoms. The molecular formula is C18H21BrN8O3. The van der Waals surface area contributed by atoms with E-state index in [9.17, 15) is 15.2 Å². The van der Waals surface area contributed by atoms with Crippen LogP contribution in [0, 0.1) is 10.1 Å². The van der Waals surface area contributed by atoms with E-state index in [2.05, 4.69) is 51.2 Å². The molecule has 158 valence electrons. The number of benzene rings is 1. The Labute approximate surface area is 181 Å². The summed E-state index contributed by atoms with van der Waals surface area (Å²) in [6.07, 6.45) is 5.71. The van der Waals surface area contributed by atoms with Crippen LogP contribution in [0.15, 0.2) is 21.7 Å². The summed E-state index contributed by atoms with van der Waals surface area (Å²) in [5.41, 5.74) is 2.56. The molecule has 0 bridgehead atoms. The van der Waals surface area contributed by atoms with E-state index in [-0.39, 0.29) is 11.5 Å². The summed E-state index contributed by atoms with van der Waals surface area (Å²) in [7, 11) is 0. The summed E-state index contributed by atoms with van der Waals surface area (Å²) in [6, 6.07) is 2.77. The summed E-state index contributed by atoms with van der Waals surface area (Å²) in [4.78, 5) is 28.3. The highest BCUT2D eigenvalue weighted by atomic mass is 79.9. The van der Waals surface area contributed by atoms with Gasteiger partial charge in [0.1, 0.15) is 0 Å². The molecule has 0 aliphatic carbocycles. The minimum absolute atomic E-state index is 0.192. The molecule has 2 aliphatic rings. The monoisotopic (exact) mass is 476 g/mol. The molecule has 1 aromatic heterocycles. The molecule has 0 atom stereocenters. The largest absolute Gasteiger partial charge is 0.502 e. The number of phenolic OH excluding ortho intramolecular Hbond substituents is 1. The number of hydrogen-bond donors (Lipinski definition) is 2. The molecule has 3 heterocycles. The molecule has 2 aromatic rings. The minimum atomic E-state index is -0.651. The number of hydrogen-bond acceptors (Lipinski definition) is 10. The Morgan fingerprint density at radius 3 is 2.17 bits per heavy atom. The maximum Gasteiger partial charge on any atom is 0.312 e. The van der Waals surface area contributed by atoms with Crippen molar-refractivity contribution in [3.63, 3.8) is 0 Å². The van der Waals surface area contributed by atoms with Gasteiger partial charge in [0.2, 0.25) is 23.6 Å². The lowest BCUT2D eigenvalue weighted by Crippen LogP contribution is -2.25. The van der Waals surface area contributed by atoms with Gasteiger partial charge in [-0.3, -0.25) is 10.1 Å². The number of nitrogens with zero attached hydrogens (tertiary/aromatic N) is 7. The highest BCUT2D eigenvalue weighted by Gasteiger charge is 2.22. The van der Waals surface area contributed by atoms with Gasteiger partial charge in [0, 0.05) is 42.3 Å². The molecule has 30 heavy (non-hydrogen) atoms. The van der Waals surface area contributed by atoms with Crippen molar-refractivity contribution in [2.75, 3.05) is 41.4 Å². The number of nitrogens with one attached hydrogen (secondary N) is 1. The second-order valence-corrected chi connectivity index (χ2v) is 8.05. The molecular weight excluding hydrogens is 456 g/mol. The van der Waals surface area contributed by atoms with Gasteiger partial charge in [0.25, 0.3) is 0 Å². The van der Waals surface area contributed by atoms with Gasteiger partial charge in [-0.15, -0.1) is 0 Å².